The number of aromatic amines is 1. The van der Waals surface area contributed by atoms with E-state index in [-0.39, 0.29) is 12.1 Å². The number of benzene rings is 2. The fourth-order valence-electron chi connectivity index (χ4n) is 4.10. The lowest BCUT2D eigenvalue weighted by Gasteiger charge is -2.19. The molecule has 1 amide bonds. The predicted octanol–water partition coefficient (Wildman–Crippen LogP) is 5.18. The van der Waals surface area contributed by atoms with E-state index in [0.29, 0.717) is 22.2 Å². The number of H-pyrrole nitrogens is 1. The lowest BCUT2D eigenvalue weighted by Crippen LogP contribution is -2.32. The third-order valence-corrected chi connectivity index (χ3v) is 5.99. The number of rotatable bonds is 4. The Morgan fingerprint density at radius 2 is 1.92 bits per heavy atom. The molecule has 4 aromatic rings. The van der Waals surface area contributed by atoms with Gasteiger partial charge in [-0.1, -0.05) is 23.8 Å². The summed E-state index contributed by atoms with van der Waals surface area (Å²) in [6.45, 7) is 17.1. The Morgan fingerprint density at radius 1 is 1.17 bits per heavy atom. The maximum Gasteiger partial charge on any atom is 0.407 e. The van der Waals surface area contributed by atoms with Crippen LogP contribution in [0, 0.1) is 20.4 Å². The average Bonchev–Trinajstić information content (AvgIpc) is 3.20. The van der Waals surface area contributed by atoms with Crippen molar-refractivity contribution >= 4 is 22.6 Å². The molecule has 2 N–H and O–H groups in total. The summed E-state index contributed by atoms with van der Waals surface area (Å²) in [5.74, 6) is 0. The second-order valence-corrected chi connectivity index (χ2v) is 9.66. The molecule has 0 bridgehead atoms. The van der Waals surface area contributed by atoms with E-state index in [1.54, 1.807) is 37.7 Å². The summed E-state index contributed by atoms with van der Waals surface area (Å²) < 4.78 is 7.06. The van der Waals surface area contributed by atoms with Crippen molar-refractivity contribution < 1.29 is 9.53 Å². The number of carbonyl (C=O) groups excluding carboxylic acids is 1. The van der Waals surface area contributed by atoms with Crippen LogP contribution >= 0.6 is 0 Å². The third kappa shape index (κ3) is 4.70. The van der Waals surface area contributed by atoms with Gasteiger partial charge in [0.1, 0.15) is 5.60 Å². The topological polar surface area (TPSA) is 106 Å². The van der Waals surface area contributed by atoms with Gasteiger partial charge in [0.15, 0.2) is 5.69 Å². The molecule has 0 fully saturated rings. The molecule has 0 saturated carbocycles. The molecular weight excluding hydrogens is 456 g/mol. The van der Waals surface area contributed by atoms with Crippen molar-refractivity contribution in [3.8, 4) is 22.4 Å². The van der Waals surface area contributed by atoms with E-state index >= 15 is 0 Å². The summed E-state index contributed by atoms with van der Waals surface area (Å²) in [7, 11) is 1.84. The number of fused-ring (bicyclic) bond motifs is 1. The minimum atomic E-state index is -0.632. The molecule has 0 unspecified atom stereocenters. The van der Waals surface area contributed by atoms with Crippen LogP contribution in [-0.4, -0.2) is 31.7 Å². The monoisotopic (exact) mass is 484 g/mol. The molecule has 0 radical (unpaired) electrons. The van der Waals surface area contributed by atoms with Crippen LogP contribution in [0.4, 0.5) is 10.5 Å². The first-order chi connectivity index (χ1) is 17.0. The van der Waals surface area contributed by atoms with Crippen molar-refractivity contribution in [2.24, 2.45) is 7.05 Å². The van der Waals surface area contributed by atoms with Crippen molar-refractivity contribution in [2.75, 3.05) is 0 Å². The van der Waals surface area contributed by atoms with E-state index < -0.39 is 11.7 Å². The largest absolute Gasteiger partial charge is 0.444 e. The minimum Gasteiger partial charge on any atom is -0.444 e. The van der Waals surface area contributed by atoms with Gasteiger partial charge in [-0.05, 0) is 57.9 Å². The number of hydrogen-bond donors (Lipinski definition) is 2. The van der Waals surface area contributed by atoms with Gasteiger partial charge >= 0.3 is 6.09 Å². The van der Waals surface area contributed by atoms with Gasteiger partial charge in [-0.2, -0.15) is 10.2 Å². The average molecular weight is 485 g/mol. The molecule has 36 heavy (non-hydrogen) atoms. The number of aromatic nitrogens is 4. The van der Waals surface area contributed by atoms with E-state index in [9.17, 15) is 9.59 Å². The zero-order valence-electron chi connectivity index (χ0n) is 21.2. The molecule has 2 aromatic carbocycles. The van der Waals surface area contributed by atoms with E-state index in [4.69, 9.17) is 11.3 Å². The van der Waals surface area contributed by atoms with Gasteiger partial charge in [0.05, 0.1) is 36.1 Å². The van der Waals surface area contributed by atoms with Gasteiger partial charge in [0.2, 0.25) is 0 Å². The molecule has 184 valence electrons. The third-order valence-electron chi connectivity index (χ3n) is 5.99. The van der Waals surface area contributed by atoms with Crippen molar-refractivity contribution in [1.29, 1.82) is 0 Å². The molecular formula is C27H28N6O3. The smallest absolute Gasteiger partial charge is 0.407 e. The number of alkyl carbamates (subject to hydrolysis) is 1. The second kappa shape index (κ2) is 9.30. The highest BCUT2D eigenvalue weighted by Crippen LogP contribution is 2.40. The van der Waals surface area contributed by atoms with Crippen LogP contribution in [0.2, 0.25) is 0 Å². The van der Waals surface area contributed by atoms with E-state index in [0.717, 1.165) is 33.5 Å². The number of hydrogen-bond acceptors (Lipinski definition) is 5. The normalized spacial score (nSPS) is 11.4. The fourth-order valence-corrected chi connectivity index (χ4v) is 4.10. The van der Waals surface area contributed by atoms with Crippen molar-refractivity contribution in [3.63, 3.8) is 0 Å². The number of carbonyl (C=O) groups is 1. The first-order valence-corrected chi connectivity index (χ1v) is 11.5. The molecule has 0 saturated heterocycles. The molecule has 2 heterocycles. The van der Waals surface area contributed by atoms with Gasteiger partial charge in [0, 0.05) is 23.6 Å². The first-order valence-electron chi connectivity index (χ1n) is 11.5. The van der Waals surface area contributed by atoms with Crippen molar-refractivity contribution in [1.82, 2.24) is 25.3 Å². The first kappa shape index (κ1) is 24.7. The van der Waals surface area contributed by atoms with Crippen LogP contribution in [0.1, 0.15) is 37.6 Å². The fraction of sp³-hybridized carbons (Fsp3) is 0.296. The van der Waals surface area contributed by atoms with Crippen LogP contribution in [-0.2, 0) is 18.3 Å². The Bertz CT molecular complexity index is 1580. The van der Waals surface area contributed by atoms with Gasteiger partial charge in [-0.15, -0.1) is 0 Å². The Morgan fingerprint density at radius 3 is 2.61 bits per heavy atom. The van der Waals surface area contributed by atoms with Gasteiger partial charge < -0.3 is 10.1 Å². The number of amides is 1. The molecule has 0 atom stereocenters. The van der Waals surface area contributed by atoms with Crippen LogP contribution in [0.25, 0.3) is 38.0 Å². The van der Waals surface area contributed by atoms with E-state index in [1.165, 1.54) is 0 Å². The standard InChI is InChI=1S/C27H28N6O3/c1-15-8-10-19(23(28-6)16(15)2)24-21(13-30-33(24)7)17-9-11-18-20(12-17)22(31-32-25(18)34)14-29-26(35)36-27(3,4)5/h8-13H,14H2,1-5,7H3,(H,29,35)(H,32,34). The van der Waals surface area contributed by atoms with Crippen LogP contribution < -0.4 is 10.9 Å². The molecule has 4 rings (SSSR count). The Balaban J connectivity index is 1.81. The summed E-state index contributed by atoms with van der Waals surface area (Å²) in [5, 5.41) is 14.9. The molecule has 9 heteroatoms. The van der Waals surface area contributed by atoms with Crippen molar-refractivity contribution in [3.05, 3.63) is 75.1 Å². The van der Waals surface area contributed by atoms with Crippen molar-refractivity contribution in [2.45, 2.75) is 46.8 Å². The highest BCUT2D eigenvalue weighted by Gasteiger charge is 2.20. The zero-order valence-corrected chi connectivity index (χ0v) is 21.2. The number of nitrogens with zero attached hydrogens (tertiary/aromatic N) is 4. The molecule has 0 aliphatic rings. The maximum absolute atomic E-state index is 12.5. The molecule has 2 aromatic heterocycles. The Kier molecular flexibility index (Phi) is 6.37. The second-order valence-electron chi connectivity index (χ2n) is 9.66. The summed E-state index contributed by atoms with van der Waals surface area (Å²) >= 11 is 0. The quantitative estimate of drug-likeness (QED) is 0.388. The SMILES string of the molecule is [C-]#[N+]c1c(-c2c(-c3ccc4c(=O)[nH]nc(CNC(=O)OC(C)(C)C)c4c3)cnn2C)ccc(C)c1C. The molecule has 0 aliphatic carbocycles. The van der Waals surface area contributed by atoms with Crippen LogP contribution in [0.5, 0.6) is 0 Å². The van der Waals surface area contributed by atoms with Gasteiger partial charge in [0.25, 0.3) is 5.56 Å². The zero-order chi connectivity index (χ0) is 26.2. The Hall–Kier alpha value is -4.45. The number of nitrogens with one attached hydrogen (secondary N) is 2. The Labute approximate surface area is 208 Å². The summed E-state index contributed by atoms with van der Waals surface area (Å²) in [6, 6.07) is 9.39. The van der Waals surface area contributed by atoms with Gasteiger partial charge in [-0.3, -0.25) is 9.48 Å². The van der Waals surface area contributed by atoms with Gasteiger partial charge in [-0.25, -0.2) is 14.7 Å². The predicted molar refractivity (Wildman–Crippen MR) is 139 cm³/mol. The van der Waals surface area contributed by atoms with E-state index in [1.807, 2.05) is 45.2 Å². The highest BCUT2D eigenvalue weighted by atomic mass is 16.6. The van der Waals surface area contributed by atoms with Crippen LogP contribution in [0.15, 0.2) is 41.3 Å². The lowest BCUT2D eigenvalue weighted by molar-refractivity contribution is 0.0523. The molecule has 0 aliphatic heterocycles. The molecule has 0 spiro atoms. The minimum absolute atomic E-state index is 0.0740. The molecule has 9 nitrogen and oxygen atoms in total. The number of aryl methyl sites for hydroxylation is 2. The maximum atomic E-state index is 12.5. The summed E-state index contributed by atoms with van der Waals surface area (Å²) in [6.07, 6.45) is 1.18. The van der Waals surface area contributed by atoms with Crippen LogP contribution in [0.3, 0.4) is 0 Å². The lowest BCUT2D eigenvalue weighted by atomic mass is 9.95. The van der Waals surface area contributed by atoms with E-state index in [2.05, 4.69) is 25.5 Å². The number of ether oxygens (including phenoxy) is 1. The summed E-state index contributed by atoms with van der Waals surface area (Å²) in [5.41, 5.74) is 5.32. The highest BCUT2D eigenvalue weighted by molar-refractivity contribution is 5.93. The summed E-state index contributed by atoms with van der Waals surface area (Å²) in [4.78, 5) is 28.4.